The van der Waals surface area contributed by atoms with Gasteiger partial charge in [-0.1, -0.05) is 28.8 Å². The van der Waals surface area contributed by atoms with E-state index >= 15 is 0 Å². The zero-order valence-electron chi connectivity index (χ0n) is 16.0. The van der Waals surface area contributed by atoms with Crippen LogP contribution < -0.4 is 10.6 Å². The molecule has 0 saturated heterocycles. The highest BCUT2D eigenvalue weighted by atomic mass is 79.9. The average Bonchev–Trinajstić information content (AvgIpc) is 3.35. The highest BCUT2D eigenvalue weighted by Crippen LogP contribution is 2.32. The number of esters is 1. The minimum atomic E-state index is -0.496. The van der Waals surface area contributed by atoms with Crippen LogP contribution in [0.15, 0.2) is 28.1 Å². The van der Waals surface area contributed by atoms with Gasteiger partial charge in [0.25, 0.3) is 0 Å². The zero-order valence-corrected chi connectivity index (χ0v) is 18.4. The molecule has 1 heterocycles. The number of hydrogen-bond acceptors (Lipinski definition) is 6. The predicted molar refractivity (Wildman–Crippen MR) is 116 cm³/mol. The summed E-state index contributed by atoms with van der Waals surface area (Å²) in [6, 6.07) is 4.74. The van der Waals surface area contributed by atoms with Crippen LogP contribution in [0.25, 0.3) is 0 Å². The van der Waals surface area contributed by atoms with Crippen molar-refractivity contribution < 1.29 is 19.1 Å². The van der Waals surface area contributed by atoms with Crippen LogP contribution in [-0.2, 0) is 16.0 Å². The van der Waals surface area contributed by atoms with E-state index < -0.39 is 6.03 Å². The topological polar surface area (TPSA) is 97.4 Å². The van der Waals surface area contributed by atoms with Gasteiger partial charge in [0.2, 0.25) is 0 Å². The van der Waals surface area contributed by atoms with Crippen molar-refractivity contribution in [2.45, 2.75) is 39.0 Å². The number of rotatable bonds is 7. The molecule has 1 fully saturated rings. The van der Waals surface area contributed by atoms with E-state index in [1.807, 2.05) is 0 Å². The summed E-state index contributed by atoms with van der Waals surface area (Å²) < 4.78 is 5.68. The quantitative estimate of drug-likeness (QED) is 0.428. The van der Waals surface area contributed by atoms with Gasteiger partial charge in [0.1, 0.15) is 0 Å². The molecular formula is C20H22BrN3O4S. The van der Waals surface area contributed by atoms with E-state index in [0.29, 0.717) is 28.7 Å². The van der Waals surface area contributed by atoms with E-state index in [4.69, 9.17) is 4.74 Å². The molecule has 1 aliphatic rings. The molecule has 1 aliphatic carbocycles. The van der Waals surface area contributed by atoms with Crippen LogP contribution in [0, 0.1) is 5.92 Å². The van der Waals surface area contributed by atoms with Gasteiger partial charge in [-0.3, -0.25) is 14.9 Å². The number of Topliss-reactive ketones (excluding diaryl/α,β-unsaturated/α-hetero) is 1. The standard InChI is InChI=1S/C20H22BrN3O4S/c1-2-28-17(25)10-14-11-29-20(22-14)24-19(27)23-16-8-7-13(21)9-15(16)18(26)12-5-3-4-6-12/h7-9,11-12H,2-6,10H2,1H3,(H2,22,23,24,27). The molecule has 0 radical (unpaired) electrons. The molecule has 2 amide bonds. The lowest BCUT2D eigenvalue weighted by atomic mass is 9.95. The molecule has 0 unspecified atom stereocenters. The summed E-state index contributed by atoms with van der Waals surface area (Å²) in [6.07, 6.45) is 3.96. The average molecular weight is 480 g/mol. The van der Waals surface area contributed by atoms with Gasteiger partial charge < -0.3 is 10.1 Å². The van der Waals surface area contributed by atoms with Crippen LogP contribution in [-0.4, -0.2) is 29.4 Å². The maximum Gasteiger partial charge on any atom is 0.325 e. The van der Waals surface area contributed by atoms with Gasteiger partial charge in [0, 0.05) is 21.3 Å². The second-order valence-electron chi connectivity index (χ2n) is 6.74. The molecule has 7 nitrogen and oxygen atoms in total. The first-order valence-electron chi connectivity index (χ1n) is 9.48. The van der Waals surface area contributed by atoms with Gasteiger partial charge in [-0.05, 0) is 38.0 Å². The van der Waals surface area contributed by atoms with Crippen LogP contribution in [0.2, 0.25) is 0 Å². The smallest absolute Gasteiger partial charge is 0.325 e. The SMILES string of the molecule is CCOC(=O)Cc1csc(NC(=O)Nc2ccc(Br)cc2C(=O)C2CCCC2)n1. The molecule has 3 rings (SSSR count). The van der Waals surface area contributed by atoms with Crippen molar-refractivity contribution in [3.05, 3.63) is 39.3 Å². The lowest BCUT2D eigenvalue weighted by Crippen LogP contribution is -2.22. The van der Waals surface area contributed by atoms with Crippen LogP contribution >= 0.6 is 27.3 Å². The number of carbonyl (C=O) groups excluding carboxylic acids is 3. The highest BCUT2D eigenvalue weighted by molar-refractivity contribution is 9.10. The monoisotopic (exact) mass is 479 g/mol. The van der Waals surface area contributed by atoms with Crippen molar-refractivity contribution in [3.63, 3.8) is 0 Å². The second-order valence-corrected chi connectivity index (χ2v) is 8.51. The predicted octanol–water partition coefficient (Wildman–Crippen LogP) is 5.03. The Bertz CT molecular complexity index is 909. The zero-order chi connectivity index (χ0) is 20.8. The van der Waals surface area contributed by atoms with Crippen LogP contribution in [0.3, 0.4) is 0 Å². The van der Waals surface area contributed by atoms with Crippen LogP contribution in [0.4, 0.5) is 15.6 Å². The van der Waals surface area contributed by atoms with Gasteiger partial charge >= 0.3 is 12.0 Å². The summed E-state index contributed by atoms with van der Waals surface area (Å²) in [5, 5.41) is 7.45. The van der Waals surface area contributed by atoms with Gasteiger partial charge in [0.05, 0.1) is 24.4 Å². The summed E-state index contributed by atoms with van der Waals surface area (Å²) in [6.45, 7) is 2.05. The van der Waals surface area contributed by atoms with Crippen molar-refractivity contribution in [2.24, 2.45) is 5.92 Å². The Morgan fingerprint density at radius 2 is 2.00 bits per heavy atom. The molecule has 0 spiro atoms. The Kier molecular flexibility index (Phi) is 7.38. The number of ether oxygens (including phenoxy) is 1. The number of thiazole rings is 1. The fourth-order valence-electron chi connectivity index (χ4n) is 3.29. The minimum absolute atomic E-state index is 0.0114. The highest BCUT2D eigenvalue weighted by Gasteiger charge is 2.26. The van der Waals surface area contributed by atoms with Crippen molar-refractivity contribution in [1.82, 2.24) is 4.98 Å². The molecular weight excluding hydrogens is 458 g/mol. The number of amides is 2. The molecule has 0 bridgehead atoms. The number of nitrogens with zero attached hydrogens (tertiary/aromatic N) is 1. The maximum absolute atomic E-state index is 12.9. The number of carbonyl (C=O) groups is 3. The van der Waals surface area contributed by atoms with Gasteiger partial charge in [0.15, 0.2) is 10.9 Å². The molecule has 154 valence electrons. The Morgan fingerprint density at radius 3 is 2.72 bits per heavy atom. The molecule has 1 aromatic carbocycles. The first-order chi connectivity index (χ1) is 14.0. The van der Waals surface area contributed by atoms with E-state index in [0.717, 1.165) is 30.2 Å². The lowest BCUT2D eigenvalue weighted by molar-refractivity contribution is -0.142. The normalized spacial score (nSPS) is 13.9. The number of halogens is 1. The Labute approximate surface area is 181 Å². The van der Waals surface area contributed by atoms with E-state index in [9.17, 15) is 14.4 Å². The molecule has 0 atom stereocenters. The van der Waals surface area contributed by atoms with Crippen LogP contribution in [0.1, 0.15) is 48.7 Å². The maximum atomic E-state index is 12.9. The second kappa shape index (κ2) is 9.98. The molecule has 2 N–H and O–H groups in total. The molecule has 9 heteroatoms. The number of urea groups is 1. The largest absolute Gasteiger partial charge is 0.466 e. The third kappa shape index (κ3) is 5.86. The third-order valence-corrected chi connectivity index (χ3v) is 5.92. The molecule has 2 aromatic rings. The summed E-state index contributed by atoms with van der Waals surface area (Å²) in [4.78, 5) is 41.0. The van der Waals surface area contributed by atoms with Crippen molar-refractivity contribution in [1.29, 1.82) is 0 Å². The first kappa shape index (κ1) is 21.4. The fourth-order valence-corrected chi connectivity index (χ4v) is 4.36. The third-order valence-electron chi connectivity index (χ3n) is 4.62. The molecule has 1 aromatic heterocycles. The number of benzene rings is 1. The number of aromatic nitrogens is 1. The number of ketones is 1. The van der Waals surface area contributed by atoms with Gasteiger partial charge in [-0.2, -0.15) is 0 Å². The van der Waals surface area contributed by atoms with Crippen LogP contribution in [0.5, 0.6) is 0 Å². The van der Waals surface area contributed by atoms with E-state index in [2.05, 4.69) is 31.5 Å². The van der Waals surface area contributed by atoms with Gasteiger partial charge in [-0.25, -0.2) is 9.78 Å². The van der Waals surface area contributed by atoms with E-state index in [-0.39, 0.29) is 24.1 Å². The Morgan fingerprint density at radius 1 is 1.24 bits per heavy atom. The molecule has 29 heavy (non-hydrogen) atoms. The van der Waals surface area contributed by atoms with Crippen molar-refractivity contribution in [3.8, 4) is 0 Å². The van der Waals surface area contributed by atoms with Crippen molar-refractivity contribution >= 4 is 55.9 Å². The first-order valence-corrected chi connectivity index (χ1v) is 11.1. The molecule has 0 aliphatic heterocycles. The van der Waals surface area contributed by atoms with Gasteiger partial charge in [-0.15, -0.1) is 11.3 Å². The fraction of sp³-hybridized carbons (Fsp3) is 0.400. The molecule has 1 saturated carbocycles. The number of anilines is 2. The summed E-state index contributed by atoms with van der Waals surface area (Å²) in [7, 11) is 0. The van der Waals surface area contributed by atoms with Crippen molar-refractivity contribution in [2.75, 3.05) is 17.2 Å². The Balaban J connectivity index is 1.66. The lowest BCUT2D eigenvalue weighted by Gasteiger charge is -2.14. The Hall–Kier alpha value is -2.26. The van der Waals surface area contributed by atoms with E-state index in [1.165, 1.54) is 11.3 Å². The minimum Gasteiger partial charge on any atom is -0.466 e. The number of hydrogen-bond donors (Lipinski definition) is 2. The van der Waals surface area contributed by atoms with E-state index in [1.54, 1.807) is 30.5 Å². The summed E-state index contributed by atoms with van der Waals surface area (Å²) in [5.74, 6) is -0.291. The summed E-state index contributed by atoms with van der Waals surface area (Å²) in [5.41, 5.74) is 1.50. The number of nitrogens with one attached hydrogen (secondary N) is 2. The summed E-state index contributed by atoms with van der Waals surface area (Å²) >= 11 is 4.62.